The maximum Gasteiger partial charge on any atom is 0.219 e. The van der Waals surface area contributed by atoms with Crippen molar-refractivity contribution in [3.05, 3.63) is 89.6 Å². The van der Waals surface area contributed by atoms with E-state index in [1.807, 2.05) is 6.07 Å². The summed E-state index contributed by atoms with van der Waals surface area (Å²) in [5, 5.41) is 6.43. The summed E-state index contributed by atoms with van der Waals surface area (Å²) in [6.45, 7) is 1.22. The summed E-state index contributed by atoms with van der Waals surface area (Å²) in [5.41, 5.74) is 2.01. The predicted octanol–water partition coefficient (Wildman–Crippen LogP) is 4.68. The molecule has 3 rings (SSSR count). The van der Waals surface area contributed by atoms with Crippen molar-refractivity contribution in [2.45, 2.75) is 13.0 Å². The second-order valence-corrected chi connectivity index (χ2v) is 6.29. The van der Waals surface area contributed by atoms with Gasteiger partial charge in [-0.05, 0) is 53.9 Å². The number of guanidine groups is 1. The van der Waals surface area contributed by atoms with Crippen LogP contribution in [-0.2, 0) is 13.0 Å². The SMILES string of the molecule is CN=C(NCCc1ccc(F)cc1)NCc1ccc(Oc2ccc(F)cc2)nc1.I. The van der Waals surface area contributed by atoms with E-state index in [4.69, 9.17) is 4.74 Å². The third kappa shape index (κ3) is 7.58. The molecule has 2 aromatic carbocycles. The van der Waals surface area contributed by atoms with E-state index < -0.39 is 0 Å². The topological polar surface area (TPSA) is 58.5 Å². The van der Waals surface area contributed by atoms with Crippen LogP contribution in [0.5, 0.6) is 11.6 Å². The minimum Gasteiger partial charge on any atom is -0.439 e. The van der Waals surface area contributed by atoms with Gasteiger partial charge in [0, 0.05) is 32.4 Å². The van der Waals surface area contributed by atoms with Crippen LogP contribution in [0.25, 0.3) is 0 Å². The van der Waals surface area contributed by atoms with E-state index in [1.54, 1.807) is 43.6 Å². The highest BCUT2D eigenvalue weighted by molar-refractivity contribution is 14.0. The minimum absolute atomic E-state index is 0. The Morgan fingerprint density at radius 3 is 2.13 bits per heavy atom. The molecule has 2 N–H and O–H groups in total. The number of hydrogen-bond donors (Lipinski definition) is 2. The summed E-state index contributed by atoms with van der Waals surface area (Å²) >= 11 is 0. The number of nitrogens with one attached hydrogen (secondary N) is 2. The van der Waals surface area contributed by atoms with Crippen LogP contribution in [0.15, 0.2) is 71.9 Å². The number of pyridine rings is 1. The standard InChI is InChI=1S/C22H22F2N4O.HI/c1-25-22(26-13-12-16-2-5-18(23)6-3-16)28-15-17-4-11-21(27-14-17)29-20-9-7-19(24)8-10-20;/h2-11,14H,12-13,15H2,1H3,(H2,25,26,28);1H. The third-order valence-electron chi connectivity index (χ3n) is 4.14. The molecule has 30 heavy (non-hydrogen) atoms. The zero-order chi connectivity index (χ0) is 20.5. The van der Waals surface area contributed by atoms with Crippen molar-refractivity contribution < 1.29 is 13.5 Å². The van der Waals surface area contributed by atoms with Gasteiger partial charge in [-0.2, -0.15) is 0 Å². The fraction of sp³-hybridized carbons (Fsp3) is 0.182. The van der Waals surface area contributed by atoms with E-state index in [0.717, 1.165) is 17.5 Å². The van der Waals surface area contributed by atoms with Gasteiger partial charge in [0.2, 0.25) is 5.88 Å². The molecule has 0 amide bonds. The smallest absolute Gasteiger partial charge is 0.219 e. The van der Waals surface area contributed by atoms with E-state index in [1.165, 1.54) is 24.3 Å². The fourth-order valence-electron chi connectivity index (χ4n) is 2.58. The molecule has 158 valence electrons. The molecule has 0 atom stereocenters. The molecule has 0 radical (unpaired) electrons. The first-order valence-corrected chi connectivity index (χ1v) is 9.20. The molecule has 0 fully saturated rings. The first kappa shape index (κ1) is 23.5. The average molecular weight is 524 g/mol. The van der Waals surface area contributed by atoms with Gasteiger partial charge in [0.05, 0.1) is 0 Å². The van der Waals surface area contributed by atoms with E-state index in [2.05, 4.69) is 20.6 Å². The molecule has 0 aliphatic rings. The van der Waals surface area contributed by atoms with Gasteiger partial charge in [-0.1, -0.05) is 18.2 Å². The normalized spacial score (nSPS) is 10.8. The molecule has 0 unspecified atom stereocenters. The van der Waals surface area contributed by atoms with Gasteiger partial charge in [-0.25, -0.2) is 13.8 Å². The highest BCUT2D eigenvalue weighted by Crippen LogP contribution is 2.19. The number of hydrogen-bond acceptors (Lipinski definition) is 3. The number of nitrogens with zero attached hydrogens (tertiary/aromatic N) is 2. The lowest BCUT2D eigenvalue weighted by Crippen LogP contribution is -2.37. The Hall–Kier alpha value is -2.75. The molecule has 0 aliphatic carbocycles. The summed E-state index contributed by atoms with van der Waals surface area (Å²) in [6.07, 6.45) is 2.47. The van der Waals surface area contributed by atoms with E-state index in [-0.39, 0.29) is 35.6 Å². The second kappa shape index (κ2) is 12.1. The van der Waals surface area contributed by atoms with Crippen LogP contribution < -0.4 is 15.4 Å². The van der Waals surface area contributed by atoms with Gasteiger partial charge >= 0.3 is 0 Å². The molecule has 3 aromatic rings. The molecule has 1 heterocycles. The molecule has 1 aromatic heterocycles. The zero-order valence-corrected chi connectivity index (χ0v) is 18.8. The number of benzene rings is 2. The van der Waals surface area contributed by atoms with Crippen LogP contribution in [0.2, 0.25) is 0 Å². The number of rotatable bonds is 7. The lowest BCUT2D eigenvalue weighted by atomic mass is 10.1. The quantitative estimate of drug-likeness (QED) is 0.268. The first-order chi connectivity index (χ1) is 14.1. The van der Waals surface area contributed by atoms with Crippen LogP contribution in [0.3, 0.4) is 0 Å². The molecule has 8 heteroatoms. The Labute approximate surface area is 191 Å². The molecule has 0 saturated carbocycles. The molecular weight excluding hydrogens is 501 g/mol. The molecule has 0 saturated heterocycles. The average Bonchev–Trinajstić information content (AvgIpc) is 2.74. The van der Waals surface area contributed by atoms with Crippen molar-refractivity contribution >= 4 is 29.9 Å². The summed E-state index contributed by atoms with van der Waals surface area (Å²) in [5.74, 6) is 1.07. The number of aromatic nitrogens is 1. The number of halogens is 3. The Bertz CT molecular complexity index is 933. The van der Waals surface area contributed by atoms with E-state index >= 15 is 0 Å². The van der Waals surface area contributed by atoms with Gasteiger partial charge in [-0.3, -0.25) is 4.99 Å². The van der Waals surface area contributed by atoms with E-state index in [9.17, 15) is 8.78 Å². The van der Waals surface area contributed by atoms with Crippen molar-refractivity contribution in [2.75, 3.05) is 13.6 Å². The van der Waals surface area contributed by atoms with Crippen molar-refractivity contribution in [1.82, 2.24) is 15.6 Å². The zero-order valence-electron chi connectivity index (χ0n) is 16.4. The van der Waals surface area contributed by atoms with Crippen molar-refractivity contribution in [3.63, 3.8) is 0 Å². The largest absolute Gasteiger partial charge is 0.439 e. The van der Waals surface area contributed by atoms with Gasteiger partial charge in [0.25, 0.3) is 0 Å². The lowest BCUT2D eigenvalue weighted by molar-refractivity contribution is 0.461. The molecular formula is C22H23F2IN4O. The van der Waals surface area contributed by atoms with Crippen LogP contribution in [0.4, 0.5) is 8.78 Å². The van der Waals surface area contributed by atoms with Crippen molar-refractivity contribution in [1.29, 1.82) is 0 Å². The van der Waals surface area contributed by atoms with Crippen LogP contribution in [0, 0.1) is 11.6 Å². The van der Waals surface area contributed by atoms with Gasteiger partial charge in [0.1, 0.15) is 17.4 Å². The summed E-state index contributed by atoms with van der Waals surface area (Å²) in [7, 11) is 1.70. The van der Waals surface area contributed by atoms with Crippen LogP contribution >= 0.6 is 24.0 Å². The molecule has 0 aliphatic heterocycles. The molecule has 0 spiro atoms. The third-order valence-corrected chi connectivity index (χ3v) is 4.14. The second-order valence-electron chi connectivity index (χ2n) is 6.29. The lowest BCUT2D eigenvalue weighted by Gasteiger charge is -2.12. The number of ether oxygens (including phenoxy) is 1. The maximum absolute atomic E-state index is 12.9. The monoisotopic (exact) mass is 524 g/mol. The van der Waals surface area contributed by atoms with Gasteiger partial charge in [-0.15, -0.1) is 24.0 Å². The Morgan fingerprint density at radius 1 is 0.900 bits per heavy atom. The van der Waals surface area contributed by atoms with Crippen molar-refractivity contribution in [3.8, 4) is 11.6 Å². The van der Waals surface area contributed by atoms with Crippen molar-refractivity contribution in [2.24, 2.45) is 4.99 Å². The Morgan fingerprint density at radius 2 is 1.53 bits per heavy atom. The predicted molar refractivity (Wildman–Crippen MR) is 124 cm³/mol. The van der Waals surface area contributed by atoms with Gasteiger partial charge in [0.15, 0.2) is 5.96 Å². The Kier molecular flexibility index (Phi) is 9.46. The Balaban J connectivity index is 0.00000320. The fourth-order valence-corrected chi connectivity index (χ4v) is 2.58. The molecule has 5 nitrogen and oxygen atoms in total. The maximum atomic E-state index is 12.9. The summed E-state index contributed by atoms with van der Waals surface area (Å²) in [4.78, 5) is 8.45. The number of aliphatic imine (C=N–C) groups is 1. The van der Waals surface area contributed by atoms with E-state index in [0.29, 0.717) is 30.7 Å². The minimum atomic E-state index is -0.314. The van der Waals surface area contributed by atoms with Gasteiger partial charge < -0.3 is 15.4 Å². The highest BCUT2D eigenvalue weighted by Gasteiger charge is 2.02. The first-order valence-electron chi connectivity index (χ1n) is 9.20. The highest BCUT2D eigenvalue weighted by atomic mass is 127. The summed E-state index contributed by atoms with van der Waals surface area (Å²) < 4.78 is 31.4. The van der Waals surface area contributed by atoms with Crippen LogP contribution in [0.1, 0.15) is 11.1 Å². The molecule has 0 bridgehead atoms. The summed E-state index contributed by atoms with van der Waals surface area (Å²) in [6, 6.07) is 15.9. The van der Waals surface area contributed by atoms with Crippen LogP contribution in [-0.4, -0.2) is 24.5 Å².